The summed E-state index contributed by atoms with van der Waals surface area (Å²) < 4.78 is 0. The maximum Gasteiger partial charge on any atom is 0.227 e. The summed E-state index contributed by atoms with van der Waals surface area (Å²) in [6, 6.07) is 3.30. The van der Waals surface area contributed by atoms with Gasteiger partial charge in [0, 0.05) is 30.4 Å². The highest BCUT2D eigenvalue weighted by Gasteiger charge is 2.24. The average molecular weight is 316 g/mol. The number of anilines is 2. The molecule has 3 rings (SSSR count). The minimum Gasteiger partial charge on any atom is -0.367 e. The standard InChI is InChI=1S/C19H32N4/c1-3-17-12-8-9-13-23(17)19-20-15(2)14-18(22-19)21-16-10-6-4-5-7-11-16/h14,16-17H,3-13H2,1-2H3,(H,20,21,22). The van der Waals surface area contributed by atoms with Crippen molar-refractivity contribution in [2.45, 2.75) is 90.1 Å². The van der Waals surface area contributed by atoms with Crippen molar-refractivity contribution in [2.75, 3.05) is 16.8 Å². The minimum absolute atomic E-state index is 0.586. The van der Waals surface area contributed by atoms with Crippen LogP contribution in [0.5, 0.6) is 0 Å². The lowest BCUT2D eigenvalue weighted by Gasteiger charge is -2.35. The Morgan fingerprint density at radius 3 is 2.52 bits per heavy atom. The van der Waals surface area contributed by atoms with Gasteiger partial charge in [0.2, 0.25) is 5.95 Å². The van der Waals surface area contributed by atoms with E-state index >= 15 is 0 Å². The number of nitrogens with one attached hydrogen (secondary N) is 1. The van der Waals surface area contributed by atoms with Gasteiger partial charge in [-0.2, -0.15) is 4.98 Å². The fourth-order valence-corrected chi connectivity index (χ4v) is 4.08. The molecule has 2 aliphatic rings. The molecule has 0 bridgehead atoms. The second-order valence-corrected chi connectivity index (χ2v) is 7.28. The molecule has 1 unspecified atom stereocenters. The van der Waals surface area contributed by atoms with E-state index in [1.54, 1.807) is 0 Å². The van der Waals surface area contributed by atoms with Crippen LogP contribution in [0.2, 0.25) is 0 Å². The molecule has 1 aliphatic carbocycles. The Morgan fingerprint density at radius 2 is 1.78 bits per heavy atom. The molecule has 1 saturated heterocycles. The number of aromatic nitrogens is 2. The predicted molar refractivity (Wildman–Crippen MR) is 97.2 cm³/mol. The van der Waals surface area contributed by atoms with Crippen LogP contribution in [0.1, 0.15) is 76.8 Å². The van der Waals surface area contributed by atoms with Crippen molar-refractivity contribution in [3.63, 3.8) is 0 Å². The van der Waals surface area contributed by atoms with Gasteiger partial charge < -0.3 is 10.2 Å². The zero-order chi connectivity index (χ0) is 16.1. The third kappa shape index (κ3) is 4.36. The molecular weight excluding hydrogens is 284 g/mol. The molecule has 0 spiro atoms. The van der Waals surface area contributed by atoms with Crippen molar-refractivity contribution >= 4 is 11.8 Å². The molecule has 4 nitrogen and oxygen atoms in total. The molecule has 2 fully saturated rings. The highest BCUT2D eigenvalue weighted by Crippen LogP contribution is 2.26. The van der Waals surface area contributed by atoms with Crippen molar-refractivity contribution in [2.24, 2.45) is 0 Å². The predicted octanol–water partition coefficient (Wildman–Crippen LogP) is 4.69. The van der Waals surface area contributed by atoms with Gasteiger partial charge in [-0.25, -0.2) is 4.98 Å². The molecule has 1 aliphatic heterocycles. The lowest BCUT2D eigenvalue weighted by molar-refractivity contribution is 0.443. The van der Waals surface area contributed by atoms with Crippen LogP contribution in [0.15, 0.2) is 6.07 Å². The summed E-state index contributed by atoms with van der Waals surface area (Å²) in [6.45, 7) is 5.47. The van der Waals surface area contributed by atoms with Crippen LogP contribution in [0.25, 0.3) is 0 Å². The number of aryl methyl sites for hydroxylation is 1. The van der Waals surface area contributed by atoms with E-state index in [1.807, 2.05) is 0 Å². The Hall–Kier alpha value is -1.32. The molecule has 1 N–H and O–H groups in total. The number of hydrogen-bond donors (Lipinski definition) is 1. The Balaban J connectivity index is 1.75. The van der Waals surface area contributed by atoms with E-state index in [0.717, 1.165) is 24.0 Å². The Morgan fingerprint density at radius 1 is 1.04 bits per heavy atom. The molecule has 128 valence electrons. The van der Waals surface area contributed by atoms with E-state index in [-0.39, 0.29) is 0 Å². The smallest absolute Gasteiger partial charge is 0.227 e. The van der Waals surface area contributed by atoms with Crippen LogP contribution in [0.3, 0.4) is 0 Å². The fourth-order valence-electron chi connectivity index (χ4n) is 4.08. The van der Waals surface area contributed by atoms with Crippen LogP contribution in [-0.4, -0.2) is 28.6 Å². The summed E-state index contributed by atoms with van der Waals surface area (Å²) >= 11 is 0. The Labute approximate surface area is 141 Å². The molecule has 1 aromatic rings. The maximum absolute atomic E-state index is 4.88. The molecule has 1 aromatic heterocycles. The normalized spacial score (nSPS) is 23.6. The largest absolute Gasteiger partial charge is 0.367 e. The zero-order valence-electron chi connectivity index (χ0n) is 14.9. The molecule has 0 aromatic carbocycles. The fraction of sp³-hybridized carbons (Fsp3) is 0.789. The van der Waals surface area contributed by atoms with Gasteiger partial charge >= 0.3 is 0 Å². The van der Waals surface area contributed by atoms with Crippen LogP contribution in [0.4, 0.5) is 11.8 Å². The van der Waals surface area contributed by atoms with Gasteiger partial charge in [0.15, 0.2) is 0 Å². The van der Waals surface area contributed by atoms with E-state index in [1.165, 1.54) is 64.2 Å². The van der Waals surface area contributed by atoms with Crippen LogP contribution < -0.4 is 10.2 Å². The monoisotopic (exact) mass is 316 g/mol. The van der Waals surface area contributed by atoms with Crippen molar-refractivity contribution in [3.05, 3.63) is 11.8 Å². The third-order valence-electron chi connectivity index (χ3n) is 5.40. The van der Waals surface area contributed by atoms with E-state index in [2.05, 4.69) is 30.1 Å². The number of hydrogen-bond acceptors (Lipinski definition) is 4. The molecule has 1 atom stereocenters. The SMILES string of the molecule is CCC1CCCCN1c1nc(C)cc(NC2CCCCCC2)n1. The van der Waals surface area contributed by atoms with E-state index in [9.17, 15) is 0 Å². The summed E-state index contributed by atoms with van der Waals surface area (Å²) in [5.74, 6) is 1.97. The van der Waals surface area contributed by atoms with Gasteiger partial charge in [-0.15, -0.1) is 0 Å². The second kappa shape index (κ2) is 7.98. The quantitative estimate of drug-likeness (QED) is 0.818. The van der Waals surface area contributed by atoms with Gasteiger partial charge in [0.1, 0.15) is 5.82 Å². The van der Waals surface area contributed by atoms with Crippen LogP contribution in [-0.2, 0) is 0 Å². The zero-order valence-corrected chi connectivity index (χ0v) is 14.9. The van der Waals surface area contributed by atoms with Gasteiger partial charge in [-0.1, -0.05) is 32.6 Å². The van der Waals surface area contributed by atoms with Gasteiger partial charge in [-0.3, -0.25) is 0 Å². The number of nitrogens with zero attached hydrogens (tertiary/aromatic N) is 3. The van der Waals surface area contributed by atoms with Crippen molar-refractivity contribution in [1.29, 1.82) is 0 Å². The summed E-state index contributed by atoms with van der Waals surface area (Å²) in [6.07, 6.45) is 13.1. The average Bonchev–Trinajstić information content (AvgIpc) is 2.83. The first-order valence-corrected chi connectivity index (χ1v) is 9.65. The maximum atomic E-state index is 4.88. The first-order valence-electron chi connectivity index (χ1n) is 9.65. The van der Waals surface area contributed by atoms with E-state index in [4.69, 9.17) is 9.97 Å². The number of piperidine rings is 1. The molecule has 0 amide bonds. The Bertz CT molecular complexity index is 494. The van der Waals surface area contributed by atoms with Gasteiger partial charge in [-0.05, 0) is 45.4 Å². The van der Waals surface area contributed by atoms with Crippen molar-refractivity contribution < 1.29 is 0 Å². The lowest BCUT2D eigenvalue weighted by atomic mass is 10.0. The Kier molecular flexibility index (Phi) is 5.74. The topological polar surface area (TPSA) is 41.1 Å². The summed E-state index contributed by atoms with van der Waals surface area (Å²) in [5, 5.41) is 3.70. The highest BCUT2D eigenvalue weighted by atomic mass is 15.3. The molecule has 2 heterocycles. The molecule has 23 heavy (non-hydrogen) atoms. The first-order chi connectivity index (χ1) is 11.3. The molecule has 4 heteroatoms. The highest BCUT2D eigenvalue weighted by molar-refractivity contribution is 5.45. The summed E-state index contributed by atoms with van der Waals surface area (Å²) in [5.41, 5.74) is 1.08. The first kappa shape index (κ1) is 16.5. The van der Waals surface area contributed by atoms with Crippen molar-refractivity contribution in [1.82, 2.24) is 9.97 Å². The van der Waals surface area contributed by atoms with E-state index < -0.39 is 0 Å². The van der Waals surface area contributed by atoms with Crippen LogP contribution in [0, 0.1) is 6.92 Å². The summed E-state index contributed by atoms with van der Waals surface area (Å²) in [4.78, 5) is 12.1. The number of rotatable bonds is 4. The van der Waals surface area contributed by atoms with Gasteiger partial charge in [0.05, 0.1) is 0 Å². The van der Waals surface area contributed by atoms with Gasteiger partial charge in [0.25, 0.3) is 0 Å². The molecule has 0 radical (unpaired) electrons. The lowest BCUT2D eigenvalue weighted by Crippen LogP contribution is -2.40. The second-order valence-electron chi connectivity index (χ2n) is 7.28. The minimum atomic E-state index is 0.586. The van der Waals surface area contributed by atoms with E-state index in [0.29, 0.717) is 12.1 Å². The molecular formula is C19H32N4. The third-order valence-corrected chi connectivity index (χ3v) is 5.40. The summed E-state index contributed by atoms with van der Waals surface area (Å²) in [7, 11) is 0. The van der Waals surface area contributed by atoms with Crippen LogP contribution >= 0.6 is 0 Å². The van der Waals surface area contributed by atoms with Crippen molar-refractivity contribution in [3.8, 4) is 0 Å². The molecule has 1 saturated carbocycles.